The first-order valence-electron chi connectivity index (χ1n) is 10.1. The molecular formula is C22H23ClF3N3O2S. The molecule has 0 spiro atoms. The van der Waals surface area contributed by atoms with Gasteiger partial charge in [-0.25, -0.2) is 9.48 Å². The highest BCUT2D eigenvalue weighted by molar-refractivity contribution is 7.14. The van der Waals surface area contributed by atoms with E-state index in [-0.39, 0.29) is 36.7 Å². The van der Waals surface area contributed by atoms with Gasteiger partial charge in [0.25, 0.3) is 0 Å². The molecule has 2 aromatic heterocycles. The van der Waals surface area contributed by atoms with Gasteiger partial charge in [-0.3, -0.25) is 9.36 Å². The van der Waals surface area contributed by atoms with E-state index in [9.17, 15) is 22.8 Å². The van der Waals surface area contributed by atoms with Gasteiger partial charge in [0.15, 0.2) is 11.6 Å². The normalized spacial score (nSPS) is 12.0. The van der Waals surface area contributed by atoms with Gasteiger partial charge in [-0.1, -0.05) is 43.6 Å². The van der Waals surface area contributed by atoms with Gasteiger partial charge >= 0.3 is 11.9 Å². The first-order valence-corrected chi connectivity index (χ1v) is 11.3. The van der Waals surface area contributed by atoms with Crippen molar-refractivity contribution in [1.29, 1.82) is 0 Å². The molecule has 0 N–H and O–H groups in total. The van der Waals surface area contributed by atoms with E-state index >= 15 is 0 Å². The molecule has 0 saturated carbocycles. The Morgan fingerprint density at radius 1 is 1.25 bits per heavy atom. The average Bonchev–Trinajstić information content (AvgIpc) is 3.19. The van der Waals surface area contributed by atoms with Gasteiger partial charge in [-0.2, -0.15) is 13.2 Å². The average molecular weight is 486 g/mol. The highest BCUT2D eigenvalue weighted by atomic mass is 35.5. The number of alkyl halides is 3. The summed E-state index contributed by atoms with van der Waals surface area (Å²) < 4.78 is 42.1. The molecule has 0 atom stereocenters. The van der Waals surface area contributed by atoms with Crippen LogP contribution in [0.3, 0.4) is 0 Å². The van der Waals surface area contributed by atoms with E-state index in [1.807, 2.05) is 26.2 Å². The second-order valence-electron chi connectivity index (χ2n) is 8.02. The van der Waals surface area contributed by atoms with Gasteiger partial charge in [0.1, 0.15) is 6.54 Å². The molecule has 1 aromatic carbocycles. The Labute approximate surface area is 192 Å². The fourth-order valence-electron chi connectivity index (χ4n) is 3.36. The van der Waals surface area contributed by atoms with E-state index in [0.29, 0.717) is 22.3 Å². The second kappa shape index (κ2) is 9.62. The number of carbonyl (C=O) groups is 1. The van der Waals surface area contributed by atoms with Crippen LogP contribution in [0.1, 0.15) is 37.0 Å². The maximum atomic E-state index is 13.2. The monoisotopic (exact) mass is 485 g/mol. The lowest BCUT2D eigenvalue weighted by atomic mass is 10.0. The summed E-state index contributed by atoms with van der Waals surface area (Å²) in [6.45, 7) is 5.85. The van der Waals surface area contributed by atoms with Crippen molar-refractivity contribution in [2.24, 2.45) is 5.92 Å². The van der Waals surface area contributed by atoms with E-state index < -0.39 is 17.4 Å². The maximum absolute atomic E-state index is 13.2. The van der Waals surface area contributed by atoms with Crippen LogP contribution in [-0.4, -0.2) is 20.1 Å². The predicted molar refractivity (Wildman–Crippen MR) is 119 cm³/mol. The molecule has 2 heterocycles. The van der Waals surface area contributed by atoms with Crippen molar-refractivity contribution in [1.82, 2.24) is 14.3 Å². The SMILES string of the molecule is Cc1csc(-c2nn(CC(=O)CCc3ccccc3C(F)(F)F)c(=O)n2CC(C)C)c1Cl. The van der Waals surface area contributed by atoms with Crippen molar-refractivity contribution >= 4 is 28.7 Å². The Balaban J connectivity index is 1.83. The Morgan fingerprint density at radius 2 is 1.94 bits per heavy atom. The topological polar surface area (TPSA) is 56.9 Å². The molecule has 0 unspecified atom stereocenters. The Hall–Kier alpha value is -2.39. The molecule has 3 rings (SSSR count). The highest BCUT2D eigenvalue weighted by Gasteiger charge is 2.32. The summed E-state index contributed by atoms with van der Waals surface area (Å²) in [4.78, 5) is 26.1. The number of aryl methyl sites for hydroxylation is 2. The summed E-state index contributed by atoms with van der Waals surface area (Å²) in [5, 5.41) is 6.72. The highest BCUT2D eigenvalue weighted by Crippen LogP contribution is 2.35. The van der Waals surface area contributed by atoms with Crippen molar-refractivity contribution in [3.05, 3.63) is 61.8 Å². The Bertz CT molecular complexity index is 1180. The molecule has 3 aromatic rings. The zero-order chi connectivity index (χ0) is 23.6. The fraction of sp³-hybridized carbons (Fsp3) is 0.409. The molecule has 32 heavy (non-hydrogen) atoms. The minimum atomic E-state index is -4.49. The van der Waals surface area contributed by atoms with Gasteiger partial charge in [0, 0.05) is 13.0 Å². The Kier molecular flexibility index (Phi) is 7.29. The van der Waals surface area contributed by atoms with Crippen molar-refractivity contribution < 1.29 is 18.0 Å². The van der Waals surface area contributed by atoms with Crippen molar-refractivity contribution in [2.75, 3.05) is 0 Å². The van der Waals surface area contributed by atoms with Crippen LogP contribution in [-0.2, 0) is 30.5 Å². The van der Waals surface area contributed by atoms with E-state index in [2.05, 4.69) is 5.10 Å². The first kappa shape index (κ1) is 24.3. The minimum absolute atomic E-state index is 0.0487. The third-order valence-corrected chi connectivity index (χ3v) is 6.59. The molecule has 0 aliphatic heterocycles. The van der Waals surface area contributed by atoms with Gasteiger partial charge in [0.2, 0.25) is 0 Å². The van der Waals surface area contributed by atoms with Crippen LogP contribution < -0.4 is 5.69 Å². The summed E-state index contributed by atoms with van der Waals surface area (Å²) >= 11 is 7.74. The van der Waals surface area contributed by atoms with E-state index in [4.69, 9.17) is 11.6 Å². The number of carbonyl (C=O) groups excluding carboxylic acids is 1. The van der Waals surface area contributed by atoms with Gasteiger partial charge in [0.05, 0.1) is 15.5 Å². The summed E-state index contributed by atoms with van der Waals surface area (Å²) in [5.74, 6) is 0.166. The van der Waals surface area contributed by atoms with Crippen LogP contribution in [0.25, 0.3) is 10.7 Å². The molecule has 0 amide bonds. The fourth-order valence-corrected chi connectivity index (χ4v) is 4.63. The predicted octanol–water partition coefficient (Wildman–Crippen LogP) is 5.61. The molecular weight excluding hydrogens is 463 g/mol. The number of rotatable bonds is 8. The molecule has 0 aliphatic carbocycles. The smallest absolute Gasteiger partial charge is 0.298 e. The number of hydrogen-bond donors (Lipinski definition) is 0. The van der Waals surface area contributed by atoms with Crippen molar-refractivity contribution in [3.8, 4) is 10.7 Å². The van der Waals surface area contributed by atoms with Crippen LogP contribution in [0.5, 0.6) is 0 Å². The summed E-state index contributed by atoms with van der Waals surface area (Å²) in [6, 6.07) is 5.18. The Morgan fingerprint density at radius 3 is 2.53 bits per heavy atom. The van der Waals surface area contributed by atoms with Crippen molar-refractivity contribution in [2.45, 2.75) is 52.9 Å². The molecule has 0 aliphatic rings. The maximum Gasteiger partial charge on any atom is 0.416 e. The van der Waals surface area contributed by atoms with Crippen LogP contribution in [0.15, 0.2) is 34.4 Å². The number of hydrogen-bond acceptors (Lipinski definition) is 4. The van der Waals surface area contributed by atoms with Crippen LogP contribution in [0, 0.1) is 12.8 Å². The molecule has 5 nitrogen and oxygen atoms in total. The third-order valence-electron chi connectivity index (χ3n) is 4.89. The van der Waals surface area contributed by atoms with Gasteiger partial charge in [-0.05, 0) is 41.8 Å². The number of ketones is 1. The third kappa shape index (κ3) is 5.32. The number of nitrogens with zero attached hydrogens (tertiary/aromatic N) is 3. The summed E-state index contributed by atoms with van der Waals surface area (Å²) in [6.07, 6.45) is -4.69. The number of thiophene rings is 1. The molecule has 10 heteroatoms. The second-order valence-corrected chi connectivity index (χ2v) is 9.28. The van der Waals surface area contributed by atoms with Crippen molar-refractivity contribution in [3.63, 3.8) is 0 Å². The van der Waals surface area contributed by atoms with Crippen LogP contribution in [0.4, 0.5) is 13.2 Å². The molecule has 0 bridgehead atoms. The standard InChI is InChI=1S/C22H23ClF3N3O2S/c1-13(2)10-28-20(19-18(23)14(3)12-32-19)27-29(21(28)31)11-16(30)9-8-15-6-4-5-7-17(15)22(24,25)26/h4-7,12-13H,8-11H2,1-3H3. The van der Waals surface area contributed by atoms with E-state index in [0.717, 1.165) is 16.3 Å². The summed E-state index contributed by atoms with van der Waals surface area (Å²) in [5.41, 5.74) is -0.284. The molecule has 0 saturated heterocycles. The first-order chi connectivity index (χ1) is 15.0. The molecule has 172 valence electrons. The van der Waals surface area contributed by atoms with Gasteiger partial charge < -0.3 is 0 Å². The number of halogens is 4. The molecule has 0 radical (unpaired) electrons. The number of Topliss-reactive ketones (excluding diaryl/α,β-unsaturated/α-hetero) is 1. The largest absolute Gasteiger partial charge is 0.416 e. The van der Waals surface area contributed by atoms with E-state index in [1.165, 1.54) is 34.1 Å². The lowest BCUT2D eigenvalue weighted by Crippen LogP contribution is -2.29. The molecule has 0 fully saturated rings. The quantitative estimate of drug-likeness (QED) is 0.416. The summed E-state index contributed by atoms with van der Waals surface area (Å²) in [7, 11) is 0. The van der Waals surface area contributed by atoms with E-state index in [1.54, 1.807) is 0 Å². The van der Waals surface area contributed by atoms with Crippen LogP contribution in [0.2, 0.25) is 5.02 Å². The number of benzene rings is 1. The lowest BCUT2D eigenvalue weighted by molar-refractivity contribution is -0.138. The minimum Gasteiger partial charge on any atom is -0.298 e. The zero-order valence-electron chi connectivity index (χ0n) is 17.9. The zero-order valence-corrected chi connectivity index (χ0v) is 19.4. The van der Waals surface area contributed by atoms with Crippen LogP contribution >= 0.6 is 22.9 Å². The number of aromatic nitrogens is 3. The lowest BCUT2D eigenvalue weighted by Gasteiger charge is -2.12. The van der Waals surface area contributed by atoms with Gasteiger partial charge in [-0.15, -0.1) is 16.4 Å².